The second-order valence-corrected chi connectivity index (χ2v) is 3.79. The number of rotatable bonds is 7. The summed E-state index contributed by atoms with van der Waals surface area (Å²) in [5.41, 5.74) is 0.562. The molecule has 0 radical (unpaired) electrons. The highest BCUT2D eigenvalue weighted by atomic mass is 16.7. The second-order valence-electron chi connectivity index (χ2n) is 3.79. The molecule has 0 bridgehead atoms. The fourth-order valence-corrected chi connectivity index (χ4v) is 1.46. The highest BCUT2D eigenvalue weighted by Gasteiger charge is 2.10. The number of hydrogen-bond acceptors (Lipinski definition) is 6. The summed E-state index contributed by atoms with van der Waals surface area (Å²) < 4.78 is 19.7. The van der Waals surface area contributed by atoms with E-state index in [2.05, 4.69) is 4.74 Å². The molecule has 1 aromatic carbocycles. The third kappa shape index (κ3) is 4.56. The molecule has 0 saturated heterocycles. The first-order valence-electron chi connectivity index (χ1n) is 5.86. The number of aliphatic hydroxyl groups is 1. The molecule has 6 nitrogen and oxygen atoms in total. The Kier molecular flexibility index (Phi) is 6.55. The molecule has 6 heteroatoms. The van der Waals surface area contributed by atoms with Crippen molar-refractivity contribution in [1.29, 1.82) is 0 Å². The molecular weight excluding hydrogens is 264 g/mol. The van der Waals surface area contributed by atoms with E-state index in [9.17, 15) is 9.90 Å². The van der Waals surface area contributed by atoms with E-state index in [4.69, 9.17) is 14.2 Å². The quantitative estimate of drug-likeness (QED) is 0.463. The fraction of sp³-hybridized carbons (Fsp3) is 0.357. The molecule has 110 valence electrons. The Hall–Kier alpha value is -2.05. The minimum absolute atomic E-state index is 0.0977. The summed E-state index contributed by atoms with van der Waals surface area (Å²) in [5, 5.41) is 9.94. The third-order valence-electron chi connectivity index (χ3n) is 2.48. The summed E-state index contributed by atoms with van der Waals surface area (Å²) in [6.07, 6.45) is 1.54. The fourth-order valence-electron chi connectivity index (χ4n) is 1.46. The normalized spacial score (nSPS) is 12.2. The average Bonchev–Trinajstić information content (AvgIpc) is 2.49. The van der Waals surface area contributed by atoms with Crippen LogP contribution >= 0.6 is 0 Å². The molecule has 1 rings (SSSR count). The zero-order chi connectivity index (χ0) is 15.0. The predicted octanol–water partition coefficient (Wildman–Crippen LogP) is 1.44. The van der Waals surface area contributed by atoms with Gasteiger partial charge in [-0.25, -0.2) is 4.79 Å². The maximum absolute atomic E-state index is 11.0. The summed E-state index contributed by atoms with van der Waals surface area (Å²) in [6.45, 7) is 0.0977. The van der Waals surface area contributed by atoms with E-state index in [0.29, 0.717) is 17.1 Å². The van der Waals surface area contributed by atoms with Crippen LogP contribution in [0.15, 0.2) is 30.4 Å². The molecule has 0 aliphatic carbocycles. The van der Waals surface area contributed by atoms with Crippen LogP contribution in [0.5, 0.6) is 11.5 Å². The largest absolute Gasteiger partial charge is 0.493 e. The van der Waals surface area contributed by atoms with Crippen LogP contribution in [0.4, 0.5) is 0 Å². The van der Waals surface area contributed by atoms with E-state index in [1.807, 2.05) is 0 Å². The van der Waals surface area contributed by atoms with Crippen molar-refractivity contribution in [3.05, 3.63) is 35.9 Å². The van der Waals surface area contributed by atoms with E-state index >= 15 is 0 Å². The molecule has 1 N–H and O–H groups in total. The summed E-state index contributed by atoms with van der Waals surface area (Å²) in [6, 6.07) is 4.94. The van der Waals surface area contributed by atoms with Gasteiger partial charge in [-0.2, -0.15) is 0 Å². The molecule has 0 aromatic heterocycles. The van der Waals surface area contributed by atoms with Gasteiger partial charge in [0, 0.05) is 13.2 Å². The number of hydrogen-bond donors (Lipinski definition) is 1. The zero-order valence-electron chi connectivity index (χ0n) is 11.7. The van der Waals surface area contributed by atoms with Crippen LogP contribution in [-0.4, -0.2) is 39.2 Å². The molecule has 1 atom stereocenters. The Morgan fingerprint density at radius 1 is 1.30 bits per heavy atom. The minimum Gasteiger partial charge on any atom is -0.493 e. The molecule has 20 heavy (non-hydrogen) atoms. The van der Waals surface area contributed by atoms with Crippen molar-refractivity contribution in [3.8, 4) is 11.5 Å². The minimum atomic E-state index is -0.945. The standard InChI is InChI=1S/C14H18O6/c1-17-9-20-12-6-4-10(8-13(12)18-2)11(15)5-7-14(16)19-3/h4-8,11,15H,9H2,1-3H3/b7-5+. The average molecular weight is 282 g/mol. The van der Waals surface area contributed by atoms with Gasteiger partial charge >= 0.3 is 5.97 Å². The van der Waals surface area contributed by atoms with Crippen molar-refractivity contribution in [2.75, 3.05) is 28.1 Å². The Bertz CT molecular complexity index is 469. The lowest BCUT2D eigenvalue weighted by Gasteiger charge is -2.13. The van der Waals surface area contributed by atoms with Crippen LogP contribution in [0.2, 0.25) is 0 Å². The molecule has 0 saturated carbocycles. The van der Waals surface area contributed by atoms with E-state index in [1.165, 1.54) is 27.4 Å². The highest BCUT2D eigenvalue weighted by Crippen LogP contribution is 2.30. The molecule has 0 amide bonds. The van der Waals surface area contributed by atoms with Gasteiger partial charge in [0.2, 0.25) is 0 Å². The monoisotopic (exact) mass is 282 g/mol. The van der Waals surface area contributed by atoms with Crippen molar-refractivity contribution < 1.29 is 28.8 Å². The van der Waals surface area contributed by atoms with Crippen LogP contribution in [-0.2, 0) is 14.3 Å². The van der Waals surface area contributed by atoms with Crippen LogP contribution in [0, 0.1) is 0 Å². The van der Waals surface area contributed by atoms with Crippen LogP contribution in [0.25, 0.3) is 0 Å². The van der Waals surface area contributed by atoms with E-state index in [-0.39, 0.29) is 6.79 Å². The number of ether oxygens (including phenoxy) is 4. The Balaban J connectivity index is 2.86. The number of benzene rings is 1. The molecule has 0 spiro atoms. The maximum Gasteiger partial charge on any atom is 0.330 e. The Morgan fingerprint density at radius 3 is 2.65 bits per heavy atom. The van der Waals surface area contributed by atoms with E-state index in [1.54, 1.807) is 18.2 Å². The van der Waals surface area contributed by atoms with Crippen molar-refractivity contribution in [3.63, 3.8) is 0 Å². The Morgan fingerprint density at radius 2 is 2.05 bits per heavy atom. The van der Waals surface area contributed by atoms with Crippen molar-refractivity contribution >= 4 is 5.97 Å². The number of esters is 1. The molecular formula is C14H18O6. The van der Waals surface area contributed by atoms with Crippen molar-refractivity contribution in [2.24, 2.45) is 0 Å². The molecule has 1 unspecified atom stereocenters. The lowest BCUT2D eigenvalue weighted by Crippen LogP contribution is -2.02. The van der Waals surface area contributed by atoms with Crippen LogP contribution in [0.3, 0.4) is 0 Å². The summed E-state index contributed by atoms with van der Waals surface area (Å²) in [4.78, 5) is 11.0. The lowest BCUT2D eigenvalue weighted by atomic mass is 10.1. The highest BCUT2D eigenvalue weighted by molar-refractivity contribution is 5.81. The summed E-state index contributed by atoms with van der Waals surface area (Å²) >= 11 is 0. The van der Waals surface area contributed by atoms with E-state index < -0.39 is 12.1 Å². The smallest absolute Gasteiger partial charge is 0.330 e. The van der Waals surface area contributed by atoms with Gasteiger partial charge in [0.05, 0.1) is 20.3 Å². The zero-order valence-corrected chi connectivity index (χ0v) is 11.7. The third-order valence-corrected chi connectivity index (χ3v) is 2.48. The van der Waals surface area contributed by atoms with Crippen LogP contribution in [0.1, 0.15) is 11.7 Å². The van der Waals surface area contributed by atoms with Gasteiger partial charge in [-0.15, -0.1) is 0 Å². The van der Waals surface area contributed by atoms with Crippen molar-refractivity contribution in [2.45, 2.75) is 6.10 Å². The van der Waals surface area contributed by atoms with Gasteiger partial charge in [0.15, 0.2) is 18.3 Å². The van der Waals surface area contributed by atoms with Gasteiger partial charge in [-0.3, -0.25) is 0 Å². The number of methoxy groups -OCH3 is 3. The topological polar surface area (TPSA) is 74.2 Å². The van der Waals surface area contributed by atoms with E-state index in [0.717, 1.165) is 6.08 Å². The van der Waals surface area contributed by atoms with Gasteiger partial charge in [-0.1, -0.05) is 6.07 Å². The molecule has 0 aliphatic heterocycles. The number of carbonyl (C=O) groups is 1. The Labute approximate surface area is 117 Å². The van der Waals surface area contributed by atoms with Gasteiger partial charge < -0.3 is 24.1 Å². The molecule has 0 aliphatic rings. The molecule has 0 heterocycles. The molecule has 1 aromatic rings. The first-order chi connectivity index (χ1) is 9.62. The van der Waals surface area contributed by atoms with Gasteiger partial charge in [0.1, 0.15) is 0 Å². The summed E-state index contributed by atoms with van der Waals surface area (Å²) in [5.74, 6) is 0.434. The first kappa shape index (κ1) is 16.0. The maximum atomic E-state index is 11.0. The van der Waals surface area contributed by atoms with Crippen molar-refractivity contribution in [1.82, 2.24) is 0 Å². The SMILES string of the molecule is COCOc1ccc(C(O)/C=C/C(=O)OC)cc1OC. The first-order valence-corrected chi connectivity index (χ1v) is 5.86. The van der Waals surface area contributed by atoms with Gasteiger partial charge in [0.25, 0.3) is 0 Å². The van der Waals surface area contributed by atoms with Gasteiger partial charge in [-0.05, 0) is 23.8 Å². The second kappa shape index (κ2) is 8.19. The number of carbonyl (C=O) groups excluding carboxylic acids is 1. The lowest BCUT2D eigenvalue weighted by molar-refractivity contribution is -0.134. The molecule has 0 fully saturated rings. The summed E-state index contributed by atoms with van der Waals surface area (Å²) in [7, 11) is 4.28. The number of aliphatic hydroxyl groups excluding tert-OH is 1. The van der Waals surface area contributed by atoms with Crippen LogP contribution < -0.4 is 9.47 Å². The predicted molar refractivity (Wildman–Crippen MR) is 71.6 cm³/mol.